The minimum absolute atomic E-state index is 0.0959. The van der Waals surface area contributed by atoms with Gasteiger partial charge in [-0.3, -0.25) is 9.59 Å². The number of carbonyl (C=O) groups is 2. The van der Waals surface area contributed by atoms with Crippen LogP contribution in [-0.4, -0.2) is 42.2 Å². The number of ether oxygens (including phenoxy) is 3. The van der Waals surface area contributed by atoms with Gasteiger partial charge in [0, 0.05) is 17.8 Å². The van der Waals surface area contributed by atoms with Crippen molar-refractivity contribution in [1.29, 1.82) is 0 Å². The molecule has 1 fully saturated rings. The first-order valence-electron chi connectivity index (χ1n) is 14.9. The predicted octanol–water partition coefficient (Wildman–Crippen LogP) is 8.07. The van der Waals surface area contributed by atoms with Gasteiger partial charge in [0.1, 0.15) is 18.1 Å². The van der Waals surface area contributed by atoms with Crippen LogP contribution in [0.25, 0.3) is 0 Å². The summed E-state index contributed by atoms with van der Waals surface area (Å²) in [7, 11) is 0. The third-order valence-electron chi connectivity index (χ3n) is 8.79. The van der Waals surface area contributed by atoms with Gasteiger partial charge in [0.25, 0.3) is 0 Å². The molecule has 0 N–H and O–H groups in total. The van der Waals surface area contributed by atoms with Crippen molar-refractivity contribution in [3.05, 3.63) is 36.0 Å². The van der Waals surface area contributed by atoms with Gasteiger partial charge in [-0.25, -0.2) is 0 Å². The fourth-order valence-electron chi connectivity index (χ4n) is 5.40. The SMILES string of the molecule is CCC(C)C(C)C1OC1CC(C)/C=C/C=C(\C)C1OC(=O)CC(C)CCC(C)(C)C(OC(=O)CCl)/C=C/C1C. The topological polar surface area (TPSA) is 65.1 Å². The zero-order valence-corrected chi connectivity index (χ0v) is 26.5. The molecule has 2 rings (SSSR count). The molecule has 0 radical (unpaired) electrons. The molecule has 0 spiro atoms. The number of hydrogen-bond donors (Lipinski definition) is 0. The second-order valence-corrected chi connectivity index (χ2v) is 13.2. The van der Waals surface area contributed by atoms with E-state index in [2.05, 4.69) is 66.7 Å². The van der Waals surface area contributed by atoms with Crippen LogP contribution in [0.4, 0.5) is 0 Å². The summed E-state index contributed by atoms with van der Waals surface area (Å²) in [5, 5.41) is 0. The van der Waals surface area contributed by atoms with E-state index >= 15 is 0 Å². The molecule has 0 aromatic heterocycles. The number of esters is 2. The molecule has 0 bridgehead atoms. The van der Waals surface area contributed by atoms with Crippen molar-refractivity contribution in [2.24, 2.45) is 35.0 Å². The average molecular weight is 565 g/mol. The lowest BCUT2D eigenvalue weighted by Gasteiger charge is -2.34. The number of rotatable bonds is 10. The van der Waals surface area contributed by atoms with Crippen LogP contribution < -0.4 is 0 Å². The van der Waals surface area contributed by atoms with Crippen LogP contribution in [0.5, 0.6) is 0 Å². The first-order valence-corrected chi connectivity index (χ1v) is 15.5. The van der Waals surface area contributed by atoms with E-state index in [9.17, 15) is 9.59 Å². The maximum absolute atomic E-state index is 12.9. The molecule has 0 amide bonds. The minimum Gasteiger partial charge on any atom is -0.457 e. The van der Waals surface area contributed by atoms with Gasteiger partial charge in [-0.1, -0.05) is 86.1 Å². The van der Waals surface area contributed by atoms with E-state index < -0.39 is 18.2 Å². The Morgan fingerprint density at radius 3 is 2.56 bits per heavy atom. The van der Waals surface area contributed by atoms with Gasteiger partial charge in [0.15, 0.2) is 0 Å². The highest BCUT2D eigenvalue weighted by molar-refractivity contribution is 6.26. The quantitative estimate of drug-likeness (QED) is 0.0882. The molecule has 0 aromatic carbocycles. The van der Waals surface area contributed by atoms with Crippen LogP contribution in [0.1, 0.15) is 94.4 Å². The number of hydrogen-bond acceptors (Lipinski definition) is 5. The molecule has 6 heteroatoms. The number of epoxide rings is 1. The molecule has 2 aliphatic heterocycles. The second-order valence-electron chi connectivity index (χ2n) is 12.9. The molecule has 9 atom stereocenters. The van der Waals surface area contributed by atoms with Gasteiger partial charge in [0.05, 0.1) is 12.2 Å². The molecule has 39 heavy (non-hydrogen) atoms. The van der Waals surface area contributed by atoms with Crippen LogP contribution in [0.3, 0.4) is 0 Å². The Morgan fingerprint density at radius 2 is 1.92 bits per heavy atom. The summed E-state index contributed by atoms with van der Waals surface area (Å²) in [6.07, 6.45) is 14.4. The van der Waals surface area contributed by atoms with E-state index in [4.69, 9.17) is 25.8 Å². The number of halogens is 1. The third-order valence-corrected chi connectivity index (χ3v) is 9.01. The van der Waals surface area contributed by atoms with Crippen molar-refractivity contribution in [3.63, 3.8) is 0 Å². The minimum atomic E-state index is -0.428. The second kappa shape index (κ2) is 15.4. The Labute approximate surface area is 242 Å². The Morgan fingerprint density at radius 1 is 1.23 bits per heavy atom. The highest BCUT2D eigenvalue weighted by Gasteiger charge is 2.44. The molecule has 0 aliphatic carbocycles. The lowest BCUT2D eigenvalue weighted by molar-refractivity contribution is -0.150. The first kappa shape index (κ1) is 33.6. The molecule has 2 heterocycles. The van der Waals surface area contributed by atoms with E-state index in [1.807, 2.05) is 26.0 Å². The van der Waals surface area contributed by atoms with Crippen LogP contribution in [0.2, 0.25) is 0 Å². The van der Waals surface area contributed by atoms with E-state index in [-0.39, 0.29) is 29.1 Å². The maximum Gasteiger partial charge on any atom is 0.321 e. The van der Waals surface area contributed by atoms with Crippen molar-refractivity contribution in [2.45, 2.75) is 119 Å². The number of alkyl halides is 1. The van der Waals surface area contributed by atoms with Crippen LogP contribution in [0, 0.1) is 35.0 Å². The molecule has 222 valence electrons. The molecule has 1 saturated heterocycles. The van der Waals surface area contributed by atoms with Gasteiger partial charge in [-0.2, -0.15) is 0 Å². The number of allylic oxidation sites excluding steroid dienone is 3. The van der Waals surface area contributed by atoms with E-state index in [1.165, 1.54) is 6.42 Å². The zero-order chi connectivity index (χ0) is 29.3. The molecule has 5 nitrogen and oxygen atoms in total. The Balaban J connectivity index is 2.14. The van der Waals surface area contributed by atoms with Crippen LogP contribution in [0.15, 0.2) is 36.0 Å². The average Bonchev–Trinajstić information content (AvgIpc) is 3.65. The summed E-state index contributed by atoms with van der Waals surface area (Å²) >= 11 is 5.74. The lowest BCUT2D eigenvalue weighted by Crippen LogP contribution is -2.34. The van der Waals surface area contributed by atoms with E-state index in [0.29, 0.717) is 36.4 Å². The molecule has 0 saturated carbocycles. The van der Waals surface area contributed by atoms with Gasteiger partial charge in [-0.05, 0) is 61.5 Å². The summed E-state index contributed by atoms with van der Waals surface area (Å²) in [5.41, 5.74) is 0.693. The van der Waals surface area contributed by atoms with Crippen molar-refractivity contribution in [1.82, 2.24) is 0 Å². The van der Waals surface area contributed by atoms with Crippen molar-refractivity contribution in [2.75, 3.05) is 5.88 Å². The Kier molecular flexibility index (Phi) is 13.3. The standard InChI is InChI=1S/C33H53ClO5/c1-10-23(4)26(7)32-27(37-32)18-21(2)12-11-13-24(5)31-25(6)14-15-28(38-30(36)20-34)33(8,9)17-16-22(3)19-29(35)39-31/h11-15,21-23,25-28,31-32H,10,16-20H2,1-9H3/b12-11+,15-14+,24-13+. The fraction of sp³-hybridized carbons (Fsp3) is 0.758. The number of cyclic esters (lactones) is 1. The molecule has 9 unspecified atom stereocenters. The van der Waals surface area contributed by atoms with Gasteiger partial charge >= 0.3 is 11.9 Å². The van der Waals surface area contributed by atoms with Crippen molar-refractivity contribution >= 4 is 23.5 Å². The van der Waals surface area contributed by atoms with Gasteiger partial charge in [0.2, 0.25) is 0 Å². The summed E-state index contributed by atoms with van der Waals surface area (Å²) in [6, 6.07) is 0. The molecular weight excluding hydrogens is 512 g/mol. The van der Waals surface area contributed by atoms with Crippen LogP contribution >= 0.6 is 11.6 Å². The van der Waals surface area contributed by atoms with E-state index in [0.717, 1.165) is 24.8 Å². The molecule has 2 aliphatic rings. The first-order chi connectivity index (χ1) is 18.3. The van der Waals surface area contributed by atoms with E-state index in [1.54, 1.807) is 0 Å². The smallest absolute Gasteiger partial charge is 0.321 e. The Bertz CT molecular complexity index is 891. The monoisotopic (exact) mass is 564 g/mol. The third kappa shape index (κ3) is 10.7. The number of carbonyl (C=O) groups excluding carboxylic acids is 2. The summed E-state index contributed by atoms with van der Waals surface area (Å²) in [6.45, 7) is 19.4. The van der Waals surface area contributed by atoms with Gasteiger partial charge < -0.3 is 14.2 Å². The molecular formula is C33H53ClO5. The predicted molar refractivity (Wildman–Crippen MR) is 160 cm³/mol. The summed E-state index contributed by atoms with van der Waals surface area (Å²) in [4.78, 5) is 24.9. The highest BCUT2D eigenvalue weighted by Crippen LogP contribution is 2.38. The van der Waals surface area contributed by atoms with Crippen molar-refractivity contribution in [3.8, 4) is 0 Å². The lowest BCUT2D eigenvalue weighted by atomic mass is 9.78. The van der Waals surface area contributed by atoms with Crippen molar-refractivity contribution < 1.29 is 23.8 Å². The van der Waals surface area contributed by atoms with Crippen LogP contribution in [-0.2, 0) is 23.8 Å². The van der Waals surface area contributed by atoms with Gasteiger partial charge in [-0.15, -0.1) is 11.6 Å². The summed E-state index contributed by atoms with van der Waals surface area (Å²) < 4.78 is 17.7. The zero-order valence-electron chi connectivity index (χ0n) is 25.7. The summed E-state index contributed by atoms with van der Waals surface area (Å²) in [5.74, 6) is 0.960. The normalized spacial score (nSPS) is 33.3. The fourth-order valence-corrected chi connectivity index (χ4v) is 5.47. The highest BCUT2D eigenvalue weighted by atomic mass is 35.5. The maximum atomic E-state index is 12.9. The largest absolute Gasteiger partial charge is 0.457 e. The molecule has 0 aromatic rings. The Hall–Kier alpha value is -1.59.